The van der Waals surface area contributed by atoms with E-state index in [2.05, 4.69) is 0 Å². The summed E-state index contributed by atoms with van der Waals surface area (Å²) < 4.78 is 35.2. The van der Waals surface area contributed by atoms with Crippen molar-refractivity contribution >= 4 is 17.5 Å². The van der Waals surface area contributed by atoms with Crippen molar-refractivity contribution < 1.29 is 18.0 Å². The second kappa shape index (κ2) is 4.69. The summed E-state index contributed by atoms with van der Waals surface area (Å²) in [6, 6.07) is 1.73. The summed E-state index contributed by atoms with van der Waals surface area (Å²) in [4.78, 5) is 10.9. The highest BCUT2D eigenvalue weighted by atomic mass is 32.2. The van der Waals surface area contributed by atoms with E-state index in [9.17, 15) is 18.0 Å². The van der Waals surface area contributed by atoms with Gasteiger partial charge in [-0.1, -0.05) is 11.8 Å². The van der Waals surface area contributed by atoms with Crippen LogP contribution in [0, 0.1) is 16.7 Å². The topological polar surface area (TPSA) is 40.9 Å². The molecule has 0 aliphatic carbocycles. The predicted octanol–water partition coefficient (Wildman–Crippen LogP) is 2.75. The van der Waals surface area contributed by atoms with E-state index in [0.717, 1.165) is 0 Å². The van der Waals surface area contributed by atoms with Crippen LogP contribution in [0.15, 0.2) is 0 Å². The summed E-state index contributed by atoms with van der Waals surface area (Å²) in [5.74, 6) is -0.671. The Morgan fingerprint density at radius 3 is 2.29 bits per heavy atom. The minimum absolute atomic E-state index is 0.0803. The molecule has 0 heterocycles. The minimum Gasteiger partial charge on any atom is -0.298 e. The normalized spacial score (nSPS) is 15.7. The van der Waals surface area contributed by atoms with E-state index in [1.165, 1.54) is 13.8 Å². The molecule has 0 aliphatic heterocycles. The van der Waals surface area contributed by atoms with E-state index < -0.39 is 16.7 Å². The van der Waals surface area contributed by atoms with Gasteiger partial charge in [0.05, 0.1) is 6.07 Å². The van der Waals surface area contributed by atoms with Gasteiger partial charge in [0.1, 0.15) is 11.2 Å². The second-order valence-corrected chi connectivity index (χ2v) is 4.20. The van der Waals surface area contributed by atoms with Gasteiger partial charge in [-0.25, -0.2) is 0 Å². The molecule has 0 spiro atoms. The molecule has 0 saturated carbocycles. The van der Waals surface area contributed by atoms with Crippen LogP contribution in [0.5, 0.6) is 0 Å². The van der Waals surface area contributed by atoms with E-state index >= 15 is 0 Å². The van der Waals surface area contributed by atoms with Gasteiger partial charge in [0.15, 0.2) is 0 Å². The Kier molecular flexibility index (Phi) is 4.46. The summed E-state index contributed by atoms with van der Waals surface area (Å²) in [6.07, 6.45) is -0.0803. The maximum atomic E-state index is 11.7. The number of hydrogen-bond donors (Lipinski definition) is 0. The van der Waals surface area contributed by atoms with Crippen LogP contribution < -0.4 is 0 Å². The van der Waals surface area contributed by atoms with Crippen molar-refractivity contribution in [3.63, 3.8) is 0 Å². The Labute approximate surface area is 84.5 Å². The predicted molar refractivity (Wildman–Crippen MR) is 47.5 cm³/mol. The Bertz CT molecular complexity index is 258. The van der Waals surface area contributed by atoms with Gasteiger partial charge in [0.2, 0.25) is 0 Å². The monoisotopic (exact) mass is 225 g/mol. The van der Waals surface area contributed by atoms with Crippen molar-refractivity contribution in [2.24, 2.45) is 5.41 Å². The molecule has 0 radical (unpaired) electrons. The first-order valence-electron chi connectivity index (χ1n) is 3.84. The Hall–Kier alpha value is -0.700. The van der Waals surface area contributed by atoms with Crippen molar-refractivity contribution in [3.8, 4) is 6.07 Å². The average Bonchev–Trinajstić information content (AvgIpc) is 2.01. The summed E-state index contributed by atoms with van der Waals surface area (Å²) in [6.45, 7) is 2.56. The number of ketones is 1. The van der Waals surface area contributed by atoms with Crippen LogP contribution in [0.3, 0.4) is 0 Å². The lowest BCUT2D eigenvalue weighted by Gasteiger charge is -2.17. The zero-order chi connectivity index (χ0) is 11.4. The van der Waals surface area contributed by atoms with Gasteiger partial charge in [-0.2, -0.15) is 18.4 Å². The fraction of sp³-hybridized carbons (Fsp3) is 0.750. The summed E-state index contributed by atoms with van der Waals surface area (Å²) in [5.41, 5.74) is -5.59. The number of nitrogens with zero attached hydrogens (tertiary/aromatic N) is 1. The molecular formula is C8H10F3NOS. The van der Waals surface area contributed by atoms with Crippen LogP contribution in [0.1, 0.15) is 20.3 Å². The highest BCUT2D eigenvalue weighted by Gasteiger charge is 2.33. The van der Waals surface area contributed by atoms with Gasteiger partial charge in [-0.05, 0) is 20.3 Å². The fourth-order valence-corrected chi connectivity index (χ4v) is 1.42. The van der Waals surface area contributed by atoms with Crippen molar-refractivity contribution in [3.05, 3.63) is 0 Å². The molecule has 0 N–H and O–H groups in total. The van der Waals surface area contributed by atoms with Gasteiger partial charge in [-0.15, -0.1) is 0 Å². The smallest absolute Gasteiger partial charge is 0.298 e. The third kappa shape index (κ3) is 4.51. The summed E-state index contributed by atoms with van der Waals surface area (Å²) >= 11 is -0.210. The number of thioether (sulfide) groups is 1. The molecule has 0 aliphatic rings. The zero-order valence-electron chi connectivity index (χ0n) is 7.81. The molecular weight excluding hydrogens is 215 g/mol. The minimum atomic E-state index is -4.30. The maximum absolute atomic E-state index is 11.7. The lowest BCUT2D eigenvalue weighted by atomic mass is 9.85. The second-order valence-electron chi connectivity index (χ2n) is 3.04. The van der Waals surface area contributed by atoms with E-state index in [0.29, 0.717) is 0 Å². The molecule has 80 valence electrons. The number of halogens is 3. The first-order chi connectivity index (χ1) is 6.21. The molecule has 1 unspecified atom stereocenters. The number of rotatable bonds is 4. The van der Waals surface area contributed by atoms with Crippen molar-refractivity contribution in [1.29, 1.82) is 5.26 Å². The molecule has 1 atom stereocenters. The number of hydrogen-bond acceptors (Lipinski definition) is 3. The number of nitriles is 1. The standard InChI is InChI=1S/C8H10F3NOS/c1-6(13)7(2,5-12)3-4-14-8(9,10)11/h3-4H2,1-2H3. The van der Waals surface area contributed by atoms with E-state index in [-0.39, 0.29) is 23.9 Å². The molecule has 0 rings (SSSR count). The number of alkyl halides is 3. The van der Waals surface area contributed by atoms with Gasteiger partial charge >= 0.3 is 5.51 Å². The van der Waals surface area contributed by atoms with Crippen molar-refractivity contribution in [1.82, 2.24) is 0 Å². The molecule has 0 aromatic rings. The SMILES string of the molecule is CC(=O)C(C)(C#N)CCSC(F)(F)F. The van der Waals surface area contributed by atoms with Gasteiger partial charge in [0.25, 0.3) is 0 Å². The lowest BCUT2D eigenvalue weighted by molar-refractivity contribution is -0.123. The van der Waals surface area contributed by atoms with Crippen LogP contribution in [-0.4, -0.2) is 17.0 Å². The van der Waals surface area contributed by atoms with Crippen LogP contribution in [0.4, 0.5) is 13.2 Å². The van der Waals surface area contributed by atoms with Crippen LogP contribution in [0.2, 0.25) is 0 Å². The third-order valence-electron chi connectivity index (χ3n) is 1.89. The van der Waals surface area contributed by atoms with E-state index in [4.69, 9.17) is 5.26 Å². The molecule has 6 heteroatoms. The van der Waals surface area contributed by atoms with Gasteiger partial charge < -0.3 is 0 Å². The highest BCUT2D eigenvalue weighted by Crippen LogP contribution is 2.33. The van der Waals surface area contributed by atoms with Crippen LogP contribution in [0.25, 0.3) is 0 Å². The molecule has 0 amide bonds. The van der Waals surface area contributed by atoms with Crippen LogP contribution >= 0.6 is 11.8 Å². The molecule has 2 nitrogen and oxygen atoms in total. The molecule has 14 heavy (non-hydrogen) atoms. The van der Waals surface area contributed by atoms with Crippen molar-refractivity contribution in [2.45, 2.75) is 25.8 Å². The van der Waals surface area contributed by atoms with Crippen LogP contribution in [-0.2, 0) is 4.79 Å². The maximum Gasteiger partial charge on any atom is 0.441 e. The number of carbonyl (C=O) groups is 1. The third-order valence-corrected chi connectivity index (χ3v) is 2.63. The van der Waals surface area contributed by atoms with E-state index in [1.54, 1.807) is 6.07 Å². The fourth-order valence-electron chi connectivity index (χ4n) is 0.682. The molecule has 0 aromatic heterocycles. The quantitative estimate of drug-likeness (QED) is 0.738. The number of Topliss-reactive ketones (excluding diaryl/α,β-unsaturated/α-hetero) is 1. The first-order valence-corrected chi connectivity index (χ1v) is 4.83. The highest BCUT2D eigenvalue weighted by molar-refractivity contribution is 8.00. The molecule has 0 saturated heterocycles. The Morgan fingerprint density at radius 2 is 2.00 bits per heavy atom. The van der Waals surface area contributed by atoms with Gasteiger partial charge in [-0.3, -0.25) is 4.79 Å². The number of carbonyl (C=O) groups excluding carboxylic acids is 1. The average molecular weight is 225 g/mol. The van der Waals surface area contributed by atoms with E-state index in [1.807, 2.05) is 0 Å². The molecule has 0 fully saturated rings. The Balaban J connectivity index is 4.13. The zero-order valence-corrected chi connectivity index (χ0v) is 8.63. The van der Waals surface area contributed by atoms with Gasteiger partial charge in [0, 0.05) is 5.75 Å². The molecule has 0 aromatic carbocycles. The summed E-state index contributed by atoms with van der Waals surface area (Å²) in [5, 5.41) is 8.62. The summed E-state index contributed by atoms with van der Waals surface area (Å²) in [7, 11) is 0. The first kappa shape index (κ1) is 13.3. The Morgan fingerprint density at radius 1 is 1.50 bits per heavy atom. The lowest BCUT2D eigenvalue weighted by Crippen LogP contribution is -2.24. The van der Waals surface area contributed by atoms with Crippen molar-refractivity contribution in [2.75, 3.05) is 5.75 Å². The largest absolute Gasteiger partial charge is 0.441 e. The molecule has 0 bridgehead atoms.